The van der Waals surface area contributed by atoms with Crippen LogP contribution in [0.5, 0.6) is 0 Å². The number of nitrogens with zero attached hydrogens (tertiary/aromatic N) is 4. The Hall–Kier alpha value is -1.98. The highest BCUT2D eigenvalue weighted by molar-refractivity contribution is 5.37. The summed E-state index contributed by atoms with van der Waals surface area (Å²) < 4.78 is 0. The number of hydrogen-bond acceptors (Lipinski definition) is 5. The van der Waals surface area contributed by atoms with Gasteiger partial charge in [-0.3, -0.25) is 9.80 Å². The van der Waals surface area contributed by atoms with Gasteiger partial charge in [-0.2, -0.15) is 5.10 Å². The third kappa shape index (κ3) is 4.76. The lowest BCUT2D eigenvalue weighted by Crippen LogP contribution is -2.47. The molecule has 1 saturated heterocycles. The van der Waals surface area contributed by atoms with Gasteiger partial charge < -0.3 is 5.32 Å². The molecule has 3 rings (SSSR count). The van der Waals surface area contributed by atoms with E-state index in [-0.39, 0.29) is 0 Å². The number of rotatable bonds is 6. The van der Waals surface area contributed by atoms with Crippen LogP contribution in [0.15, 0.2) is 36.4 Å². The molecule has 0 unspecified atom stereocenters. The fourth-order valence-electron chi connectivity index (χ4n) is 2.99. The summed E-state index contributed by atoms with van der Waals surface area (Å²) in [6, 6.07) is 12.8. The lowest BCUT2D eigenvalue weighted by atomic mass is 10.2. The summed E-state index contributed by atoms with van der Waals surface area (Å²) in [5.41, 5.74) is 3.58. The molecule has 1 aliphatic heterocycles. The van der Waals surface area contributed by atoms with E-state index in [1.165, 1.54) is 11.1 Å². The van der Waals surface area contributed by atoms with Crippen LogP contribution < -0.4 is 5.32 Å². The molecule has 2 heterocycles. The lowest BCUT2D eigenvalue weighted by molar-refractivity contribution is 0.130. The van der Waals surface area contributed by atoms with E-state index in [0.29, 0.717) is 0 Å². The first-order valence-corrected chi connectivity index (χ1v) is 8.74. The van der Waals surface area contributed by atoms with Crippen molar-refractivity contribution in [3.8, 4) is 0 Å². The van der Waals surface area contributed by atoms with Crippen molar-refractivity contribution in [2.45, 2.75) is 20.4 Å². The molecule has 1 N–H and O–H groups in total. The normalized spacial score (nSPS) is 16.2. The van der Waals surface area contributed by atoms with Gasteiger partial charge in [0.2, 0.25) is 0 Å². The summed E-state index contributed by atoms with van der Waals surface area (Å²) in [6.45, 7) is 11.6. The number of anilines is 1. The zero-order valence-electron chi connectivity index (χ0n) is 14.7. The van der Waals surface area contributed by atoms with Crippen molar-refractivity contribution in [1.82, 2.24) is 20.0 Å². The maximum Gasteiger partial charge on any atom is 0.148 e. The Morgan fingerprint density at radius 3 is 2.38 bits per heavy atom. The molecule has 5 nitrogen and oxygen atoms in total. The molecular formula is C19H27N5. The van der Waals surface area contributed by atoms with Crippen molar-refractivity contribution in [3.63, 3.8) is 0 Å². The number of aromatic nitrogens is 2. The Bertz CT molecular complexity index is 635. The minimum atomic E-state index is 0.876. The average Bonchev–Trinajstić information content (AvgIpc) is 2.60. The van der Waals surface area contributed by atoms with Gasteiger partial charge in [-0.15, -0.1) is 5.10 Å². The minimum absolute atomic E-state index is 0.876. The molecule has 0 radical (unpaired) electrons. The van der Waals surface area contributed by atoms with E-state index in [1.807, 2.05) is 6.92 Å². The van der Waals surface area contributed by atoms with Gasteiger partial charge in [0, 0.05) is 45.8 Å². The van der Waals surface area contributed by atoms with Crippen LogP contribution in [0, 0.1) is 13.8 Å². The molecule has 0 amide bonds. The predicted octanol–water partition coefficient (Wildman–Crippen LogP) is 2.32. The highest BCUT2D eigenvalue weighted by atomic mass is 15.3. The Morgan fingerprint density at radius 2 is 1.67 bits per heavy atom. The highest BCUT2D eigenvalue weighted by Gasteiger charge is 2.16. The van der Waals surface area contributed by atoms with Crippen molar-refractivity contribution >= 4 is 5.82 Å². The van der Waals surface area contributed by atoms with Gasteiger partial charge in [0.05, 0.1) is 5.69 Å². The molecule has 0 spiro atoms. The van der Waals surface area contributed by atoms with Crippen LogP contribution in [0.3, 0.4) is 0 Å². The van der Waals surface area contributed by atoms with Gasteiger partial charge in [0.25, 0.3) is 0 Å². The van der Waals surface area contributed by atoms with Gasteiger partial charge in [0.1, 0.15) is 5.82 Å². The maximum atomic E-state index is 4.19. The highest BCUT2D eigenvalue weighted by Crippen LogP contribution is 2.09. The number of hydrogen-bond donors (Lipinski definition) is 1. The van der Waals surface area contributed by atoms with Gasteiger partial charge in [-0.1, -0.05) is 30.3 Å². The second kappa shape index (κ2) is 8.22. The number of piperazine rings is 1. The largest absolute Gasteiger partial charge is 0.367 e. The average molecular weight is 325 g/mol. The summed E-state index contributed by atoms with van der Waals surface area (Å²) in [6.07, 6.45) is 0. The fraction of sp³-hybridized carbons (Fsp3) is 0.474. The van der Waals surface area contributed by atoms with Crippen molar-refractivity contribution in [3.05, 3.63) is 53.2 Å². The van der Waals surface area contributed by atoms with Crippen LogP contribution in [0.25, 0.3) is 0 Å². The first-order valence-electron chi connectivity index (χ1n) is 8.74. The summed E-state index contributed by atoms with van der Waals surface area (Å²) in [5, 5.41) is 11.7. The zero-order chi connectivity index (χ0) is 16.8. The first kappa shape index (κ1) is 16.9. The molecule has 1 fully saturated rings. The van der Waals surface area contributed by atoms with Crippen LogP contribution in [0.4, 0.5) is 5.82 Å². The van der Waals surface area contributed by atoms with Crippen LogP contribution in [0.1, 0.15) is 16.8 Å². The first-order chi connectivity index (χ1) is 11.7. The molecule has 0 bridgehead atoms. The summed E-state index contributed by atoms with van der Waals surface area (Å²) in [5.74, 6) is 0.876. The molecule has 0 saturated carbocycles. The molecule has 5 heteroatoms. The Morgan fingerprint density at radius 1 is 0.958 bits per heavy atom. The fourth-order valence-corrected chi connectivity index (χ4v) is 2.99. The molecule has 0 aliphatic carbocycles. The Labute approximate surface area is 144 Å². The smallest absolute Gasteiger partial charge is 0.148 e. The van der Waals surface area contributed by atoms with Crippen LogP contribution >= 0.6 is 0 Å². The number of aryl methyl sites for hydroxylation is 2. The van der Waals surface area contributed by atoms with Gasteiger partial charge in [-0.25, -0.2) is 0 Å². The molecule has 128 valence electrons. The predicted molar refractivity (Wildman–Crippen MR) is 98.2 cm³/mol. The molecular weight excluding hydrogens is 298 g/mol. The lowest BCUT2D eigenvalue weighted by Gasteiger charge is -2.34. The third-order valence-electron chi connectivity index (χ3n) is 4.68. The molecule has 1 aromatic carbocycles. The van der Waals surface area contributed by atoms with Crippen LogP contribution in [0.2, 0.25) is 0 Å². The van der Waals surface area contributed by atoms with Crippen molar-refractivity contribution in [2.24, 2.45) is 0 Å². The van der Waals surface area contributed by atoms with E-state index in [4.69, 9.17) is 0 Å². The second-order valence-corrected chi connectivity index (χ2v) is 6.53. The molecule has 2 aromatic rings. The van der Waals surface area contributed by atoms with Gasteiger partial charge in [0.15, 0.2) is 0 Å². The van der Waals surface area contributed by atoms with Crippen LogP contribution in [-0.2, 0) is 6.54 Å². The van der Waals surface area contributed by atoms with Crippen molar-refractivity contribution in [1.29, 1.82) is 0 Å². The van der Waals surface area contributed by atoms with Gasteiger partial charge in [-0.05, 0) is 31.0 Å². The molecule has 1 aliphatic rings. The molecule has 0 atom stereocenters. The second-order valence-electron chi connectivity index (χ2n) is 6.53. The number of nitrogens with one attached hydrogen (secondary N) is 1. The SMILES string of the molecule is Cc1cc(NCCN2CCN(Cc3ccccc3)CC2)nnc1C. The standard InChI is InChI=1S/C19H27N5/c1-16-14-19(22-21-17(16)2)20-8-9-23-10-12-24(13-11-23)15-18-6-4-3-5-7-18/h3-7,14H,8-13,15H2,1-2H3,(H,20,22). The number of benzene rings is 1. The topological polar surface area (TPSA) is 44.3 Å². The Balaban J connectivity index is 1.37. The van der Waals surface area contributed by atoms with Crippen molar-refractivity contribution in [2.75, 3.05) is 44.6 Å². The van der Waals surface area contributed by atoms with E-state index in [1.54, 1.807) is 0 Å². The Kier molecular flexibility index (Phi) is 5.77. The van der Waals surface area contributed by atoms with E-state index < -0.39 is 0 Å². The van der Waals surface area contributed by atoms with E-state index in [0.717, 1.165) is 57.3 Å². The van der Waals surface area contributed by atoms with Crippen LogP contribution in [-0.4, -0.2) is 59.3 Å². The van der Waals surface area contributed by atoms with Gasteiger partial charge >= 0.3 is 0 Å². The molecule has 24 heavy (non-hydrogen) atoms. The zero-order valence-corrected chi connectivity index (χ0v) is 14.7. The summed E-state index contributed by atoms with van der Waals surface area (Å²) in [4.78, 5) is 5.05. The maximum absolute atomic E-state index is 4.19. The minimum Gasteiger partial charge on any atom is -0.367 e. The van der Waals surface area contributed by atoms with Crippen molar-refractivity contribution < 1.29 is 0 Å². The summed E-state index contributed by atoms with van der Waals surface area (Å²) >= 11 is 0. The monoisotopic (exact) mass is 325 g/mol. The third-order valence-corrected chi connectivity index (χ3v) is 4.68. The quantitative estimate of drug-likeness (QED) is 0.883. The molecule has 1 aromatic heterocycles. The van der Waals surface area contributed by atoms with E-state index in [2.05, 4.69) is 68.6 Å². The van der Waals surface area contributed by atoms with E-state index >= 15 is 0 Å². The summed E-state index contributed by atoms with van der Waals surface area (Å²) in [7, 11) is 0. The van der Waals surface area contributed by atoms with E-state index in [9.17, 15) is 0 Å².